The van der Waals surface area contributed by atoms with E-state index in [1.165, 1.54) is 16.8 Å². The molecule has 0 aliphatic rings. The smallest absolute Gasteiger partial charge is 0.267 e. The lowest BCUT2D eigenvalue weighted by molar-refractivity contribution is 0.415. The Bertz CT molecular complexity index is 923. The summed E-state index contributed by atoms with van der Waals surface area (Å²) in [6.07, 6.45) is 0. The van der Waals surface area contributed by atoms with Gasteiger partial charge in [0, 0.05) is 21.7 Å². The van der Waals surface area contributed by atoms with Crippen LogP contribution in [-0.4, -0.2) is 16.9 Å². The standard InChI is InChI=1S/C18H14BrFN2O2/c1-24-15-6-3-12(4-7-15)17-8-9-18(23)22(21-17)11-13-2-5-14(19)10-16(13)20/h2-10H,11H2,1H3. The molecule has 2 aromatic carbocycles. The minimum atomic E-state index is -0.382. The molecule has 6 heteroatoms. The van der Waals surface area contributed by atoms with E-state index in [9.17, 15) is 9.18 Å². The molecule has 0 spiro atoms. The first kappa shape index (κ1) is 16.4. The molecule has 0 saturated heterocycles. The van der Waals surface area contributed by atoms with Crippen molar-refractivity contribution in [2.75, 3.05) is 7.11 Å². The first-order valence-electron chi connectivity index (χ1n) is 7.23. The zero-order valence-electron chi connectivity index (χ0n) is 12.9. The normalized spacial score (nSPS) is 10.6. The van der Waals surface area contributed by atoms with Gasteiger partial charge < -0.3 is 4.74 Å². The van der Waals surface area contributed by atoms with Crippen LogP contribution in [0.4, 0.5) is 4.39 Å². The molecule has 0 fully saturated rings. The number of aromatic nitrogens is 2. The molecule has 0 N–H and O–H groups in total. The van der Waals surface area contributed by atoms with Gasteiger partial charge in [-0.3, -0.25) is 4.79 Å². The summed E-state index contributed by atoms with van der Waals surface area (Å²) < 4.78 is 21.0. The van der Waals surface area contributed by atoms with Gasteiger partial charge in [-0.15, -0.1) is 0 Å². The maximum atomic E-state index is 14.0. The molecule has 122 valence electrons. The number of rotatable bonds is 4. The second-order valence-electron chi connectivity index (χ2n) is 5.18. The minimum Gasteiger partial charge on any atom is -0.497 e. The maximum absolute atomic E-state index is 14.0. The molecule has 0 atom stereocenters. The van der Waals surface area contributed by atoms with Crippen LogP contribution in [0, 0.1) is 5.82 Å². The van der Waals surface area contributed by atoms with Crippen molar-refractivity contribution >= 4 is 15.9 Å². The second kappa shape index (κ2) is 6.97. The Morgan fingerprint density at radius 3 is 2.54 bits per heavy atom. The quantitative estimate of drug-likeness (QED) is 0.681. The van der Waals surface area contributed by atoms with Crippen molar-refractivity contribution in [1.29, 1.82) is 0 Å². The molecule has 0 unspecified atom stereocenters. The third-order valence-electron chi connectivity index (χ3n) is 3.59. The van der Waals surface area contributed by atoms with E-state index >= 15 is 0 Å². The molecule has 4 nitrogen and oxygen atoms in total. The fourth-order valence-electron chi connectivity index (χ4n) is 2.29. The average molecular weight is 389 g/mol. The van der Waals surface area contributed by atoms with Gasteiger partial charge in [0.2, 0.25) is 0 Å². The lowest BCUT2D eigenvalue weighted by Gasteiger charge is -2.09. The van der Waals surface area contributed by atoms with E-state index in [0.29, 0.717) is 15.7 Å². The number of halogens is 2. The number of benzene rings is 2. The Labute approximate surface area is 146 Å². The lowest BCUT2D eigenvalue weighted by Crippen LogP contribution is -2.23. The summed E-state index contributed by atoms with van der Waals surface area (Å²) in [5.74, 6) is 0.358. The van der Waals surface area contributed by atoms with Crippen molar-refractivity contribution < 1.29 is 9.13 Å². The van der Waals surface area contributed by atoms with E-state index in [4.69, 9.17) is 4.74 Å². The molecular weight excluding hydrogens is 375 g/mol. The van der Waals surface area contributed by atoms with E-state index in [-0.39, 0.29) is 17.9 Å². The Balaban J connectivity index is 1.95. The highest BCUT2D eigenvalue weighted by molar-refractivity contribution is 9.10. The van der Waals surface area contributed by atoms with E-state index in [0.717, 1.165) is 11.3 Å². The molecule has 24 heavy (non-hydrogen) atoms. The summed E-state index contributed by atoms with van der Waals surface area (Å²) in [4.78, 5) is 12.0. The number of nitrogens with zero attached hydrogens (tertiary/aromatic N) is 2. The highest BCUT2D eigenvalue weighted by atomic mass is 79.9. The number of hydrogen-bond donors (Lipinski definition) is 0. The molecule has 0 aliphatic heterocycles. The van der Waals surface area contributed by atoms with Crippen LogP contribution in [0.1, 0.15) is 5.56 Å². The monoisotopic (exact) mass is 388 g/mol. The molecule has 0 aliphatic carbocycles. The van der Waals surface area contributed by atoms with Gasteiger partial charge in [-0.25, -0.2) is 9.07 Å². The van der Waals surface area contributed by atoms with E-state index in [1.54, 1.807) is 25.3 Å². The van der Waals surface area contributed by atoms with Gasteiger partial charge >= 0.3 is 0 Å². The van der Waals surface area contributed by atoms with Gasteiger partial charge in [-0.05, 0) is 42.5 Å². The van der Waals surface area contributed by atoms with Crippen molar-refractivity contribution in [2.45, 2.75) is 6.54 Å². The zero-order valence-corrected chi connectivity index (χ0v) is 14.5. The van der Waals surface area contributed by atoms with Crippen LogP contribution in [0.3, 0.4) is 0 Å². The van der Waals surface area contributed by atoms with E-state index < -0.39 is 0 Å². The Kier molecular flexibility index (Phi) is 4.76. The largest absolute Gasteiger partial charge is 0.497 e. The van der Waals surface area contributed by atoms with Crippen LogP contribution in [0.2, 0.25) is 0 Å². The molecule has 0 saturated carbocycles. The Morgan fingerprint density at radius 2 is 1.88 bits per heavy atom. The topological polar surface area (TPSA) is 44.1 Å². The third kappa shape index (κ3) is 3.54. The van der Waals surface area contributed by atoms with Gasteiger partial charge in [-0.2, -0.15) is 5.10 Å². The van der Waals surface area contributed by atoms with E-state index in [1.807, 2.05) is 24.3 Å². The molecule has 1 aromatic heterocycles. The summed E-state index contributed by atoms with van der Waals surface area (Å²) >= 11 is 3.22. The van der Waals surface area contributed by atoms with Crippen molar-refractivity contribution in [3.63, 3.8) is 0 Å². The highest BCUT2D eigenvalue weighted by Crippen LogP contribution is 2.20. The fourth-order valence-corrected chi connectivity index (χ4v) is 2.62. The molecular formula is C18H14BrFN2O2. The Hall–Kier alpha value is -2.47. The number of hydrogen-bond acceptors (Lipinski definition) is 3. The van der Waals surface area contributed by atoms with Crippen LogP contribution in [0.5, 0.6) is 5.75 Å². The molecule has 0 bridgehead atoms. The van der Waals surface area contributed by atoms with Crippen LogP contribution in [0.15, 0.2) is 63.9 Å². The third-order valence-corrected chi connectivity index (χ3v) is 4.08. The Morgan fingerprint density at radius 1 is 1.12 bits per heavy atom. The predicted octanol–water partition coefficient (Wildman–Crippen LogP) is 3.87. The van der Waals surface area contributed by atoms with Crippen LogP contribution < -0.4 is 10.3 Å². The molecule has 1 heterocycles. The molecule has 0 radical (unpaired) electrons. The maximum Gasteiger partial charge on any atom is 0.267 e. The summed E-state index contributed by atoms with van der Waals surface area (Å²) in [7, 11) is 1.60. The first-order valence-corrected chi connectivity index (χ1v) is 8.02. The summed E-state index contributed by atoms with van der Waals surface area (Å²) in [6, 6.07) is 15.2. The summed E-state index contributed by atoms with van der Waals surface area (Å²) in [5, 5.41) is 4.34. The lowest BCUT2D eigenvalue weighted by atomic mass is 10.1. The van der Waals surface area contributed by atoms with Crippen LogP contribution in [0.25, 0.3) is 11.3 Å². The fraction of sp³-hybridized carbons (Fsp3) is 0.111. The molecule has 3 aromatic rings. The van der Waals surface area contributed by atoms with Crippen molar-refractivity contribution in [1.82, 2.24) is 9.78 Å². The molecule has 3 rings (SSSR count). The second-order valence-corrected chi connectivity index (χ2v) is 6.09. The number of methoxy groups -OCH3 is 1. The van der Waals surface area contributed by atoms with Crippen LogP contribution in [-0.2, 0) is 6.54 Å². The van der Waals surface area contributed by atoms with Gasteiger partial charge in [0.1, 0.15) is 11.6 Å². The van der Waals surface area contributed by atoms with Crippen molar-refractivity contribution in [2.24, 2.45) is 0 Å². The molecule has 0 amide bonds. The van der Waals surface area contributed by atoms with Gasteiger partial charge in [0.15, 0.2) is 0 Å². The van der Waals surface area contributed by atoms with Gasteiger partial charge in [0.05, 0.1) is 19.3 Å². The average Bonchev–Trinajstić information content (AvgIpc) is 2.59. The highest BCUT2D eigenvalue weighted by Gasteiger charge is 2.08. The first-order chi connectivity index (χ1) is 11.6. The predicted molar refractivity (Wildman–Crippen MR) is 93.7 cm³/mol. The van der Waals surface area contributed by atoms with Crippen molar-refractivity contribution in [3.05, 3.63) is 80.8 Å². The summed E-state index contributed by atoms with van der Waals surface area (Å²) in [6.45, 7) is 0.0714. The number of ether oxygens (including phenoxy) is 1. The summed E-state index contributed by atoms with van der Waals surface area (Å²) in [5.41, 5.74) is 1.60. The zero-order chi connectivity index (χ0) is 17.1. The van der Waals surface area contributed by atoms with Crippen molar-refractivity contribution in [3.8, 4) is 17.0 Å². The SMILES string of the molecule is COc1ccc(-c2ccc(=O)n(Cc3ccc(Br)cc3F)n2)cc1. The van der Waals surface area contributed by atoms with Crippen LogP contribution >= 0.6 is 15.9 Å². The van der Waals surface area contributed by atoms with Gasteiger partial charge in [0.25, 0.3) is 5.56 Å². The van der Waals surface area contributed by atoms with E-state index in [2.05, 4.69) is 21.0 Å². The minimum absolute atomic E-state index is 0.0714. The van der Waals surface area contributed by atoms with Gasteiger partial charge in [-0.1, -0.05) is 22.0 Å².